The fourth-order valence-corrected chi connectivity index (χ4v) is 2.09. The van der Waals surface area contributed by atoms with E-state index in [-0.39, 0.29) is 27.2 Å². The summed E-state index contributed by atoms with van der Waals surface area (Å²) in [5, 5.41) is -0.361. The molecule has 0 saturated heterocycles. The van der Waals surface area contributed by atoms with Crippen molar-refractivity contribution in [2.45, 2.75) is 19.3 Å². The van der Waals surface area contributed by atoms with Gasteiger partial charge in [0.15, 0.2) is 0 Å². The maximum absolute atomic E-state index is 12.6. The minimum atomic E-state index is -5.28. The molecule has 9 heteroatoms. The number of aromatic nitrogens is 1. The highest BCUT2D eigenvalue weighted by molar-refractivity contribution is 6.13. The van der Waals surface area contributed by atoms with Gasteiger partial charge in [0, 0.05) is 11.6 Å². The molecule has 3 nitrogen and oxygen atoms in total. The van der Waals surface area contributed by atoms with Gasteiger partial charge in [0.25, 0.3) is 5.78 Å². The zero-order chi connectivity index (χ0) is 16.9. The normalized spacial score (nSPS) is 12.7. The largest absolute Gasteiger partial charge is 0.472 e. The van der Waals surface area contributed by atoms with Crippen LogP contribution in [0.4, 0.5) is 26.3 Å². The molecule has 0 saturated carbocycles. The van der Waals surface area contributed by atoms with Gasteiger partial charge in [-0.15, -0.1) is 0 Å². The Kier molecular flexibility index (Phi) is 3.54. The predicted octanol–water partition coefficient (Wildman–Crippen LogP) is 3.90. The second-order valence-corrected chi connectivity index (χ2v) is 4.51. The summed E-state index contributed by atoms with van der Waals surface area (Å²) in [4.78, 5) is 22.7. The minimum absolute atomic E-state index is 0.0314. The van der Waals surface area contributed by atoms with Gasteiger partial charge in [0.2, 0.25) is 0 Å². The molecule has 0 aliphatic rings. The van der Waals surface area contributed by atoms with Crippen LogP contribution in [0.5, 0.6) is 0 Å². The summed E-state index contributed by atoms with van der Waals surface area (Å²) >= 11 is 0. The van der Waals surface area contributed by atoms with E-state index < -0.39 is 29.6 Å². The number of aryl methyl sites for hydroxylation is 1. The molecular weight excluding hydrogens is 316 g/mol. The fraction of sp³-hybridized carbons (Fsp3) is 0.231. The maximum Gasteiger partial charge on any atom is 0.472 e. The van der Waals surface area contributed by atoms with E-state index in [4.69, 9.17) is 0 Å². The molecule has 0 atom stereocenters. The molecule has 1 heterocycles. The zero-order valence-electron chi connectivity index (χ0n) is 10.8. The van der Waals surface area contributed by atoms with Gasteiger partial charge in [-0.1, -0.05) is 18.2 Å². The van der Waals surface area contributed by atoms with Crippen molar-refractivity contribution >= 4 is 22.6 Å². The smallest absolute Gasteiger partial charge is 0.284 e. The number of alkyl halides is 6. The van der Waals surface area contributed by atoms with Crippen LogP contribution in [0.2, 0.25) is 0 Å². The number of para-hydroxylation sites is 1. The molecule has 0 fully saturated rings. The maximum atomic E-state index is 12.6. The lowest BCUT2D eigenvalue weighted by Gasteiger charge is -2.08. The molecular formula is C13H7F6NO2. The monoisotopic (exact) mass is 323 g/mol. The van der Waals surface area contributed by atoms with Crippen molar-refractivity contribution in [1.29, 1.82) is 0 Å². The Morgan fingerprint density at radius 2 is 1.59 bits per heavy atom. The van der Waals surface area contributed by atoms with Crippen LogP contribution in [0.15, 0.2) is 24.4 Å². The minimum Gasteiger partial charge on any atom is -0.284 e. The summed E-state index contributed by atoms with van der Waals surface area (Å²) in [5.41, 5.74) is -1.24. The van der Waals surface area contributed by atoms with Crippen molar-refractivity contribution in [3.63, 3.8) is 0 Å². The standard InChI is InChI=1S/C13H7F6NO2/c1-6-3-2-4-7-8(10(21)12(14,15)16)5-20(9(6)7)11(22)13(17,18)19/h2-5H,1H3. The number of Topliss-reactive ketones (excluding diaryl/α,β-unsaturated/α-hetero) is 1. The quantitative estimate of drug-likeness (QED) is 0.590. The number of hydrogen-bond acceptors (Lipinski definition) is 2. The van der Waals surface area contributed by atoms with Gasteiger partial charge in [0.05, 0.1) is 11.1 Å². The van der Waals surface area contributed by atoms with Crippen molar-refractivity contribution < 1.29 is 35.9 Å². The van der Waals surface area contributed by atoms with E-state index in [9.17, 15) is 35.9 Å². The van der Waals surface area contributed by atoms with Crippen LogP contribution in [0.1, 0.15) is 20.7 Å². The highest BCUT2D eigenvalue weighted by Gasteiger charge is 2.44. The number of halogens is 6. The first-order valence-electron chi connectivity index (χ1n) is 5.78. The van der Waals surface area contributed by atoms with Crippen LogP contribution < -0.4 is 0 Å². The van der Waals surface area contributed by atoms with E-state index in [1.54, 1.807) is 0 Å². The van der Waals surface area contributed by atoms with Crippen molar-refractivity contribution in [2.75, 3.05) is 0 Å². The van der Waals surface area contributed by atoms with Crippen LogP contribution in [-0.4, -0.2) is 28.6 Å². The Bertz CT molecular complexity index is 769. The average molecular weight is 323 g/mol. The van der Waals surface area contributed by atoms with Gasteiger partial charge < -0.3 is 0 Å². The van der Waals surface area contributed by atoms with Crippen molar-refractivity contribution in [2.24, 2.45) is 0 Å². The first-order chi connectivity index (χ1) is 9.94. The lowest BCUT2D eigenvalue weighted by molar-refractivity contribution is -0.0943. The molecule has 2 rings (SSSR count). The number of carbonyl (C=O) groups excluding carboxylic acids is 2. The Morgan fingerprint density at radius 3 is 2.09 bits per heavy atom. The van der Waals surface area contributed by atoms with Crippen LogP contribution >= 0.6 is 0 Å². The van der Waals surface area contributed by atoms with Gasteiger partial charge in [-0.3, -0.25) is 14.2 Å². The first-order valence-corrected chi connectivity index (χ1v) is 5.78. The highest BCUT2D eigenvalue weighted by atomic mass is 19.4. The average Bonchev–Trinajstić information content (AvgIpc) is 2.75. The van der Waals surface area contributed by atoms with Gasteiger partial charge in [-0.25, -0.2) is 0 Å². The second-order valence-electron chi connectivity index (χ2n) is 4.51. The number of benzene rings is 1. The number of nitrogens with zero attached hydrogens (tertiary/aromatic N) is 1. The first kappa shape index (κ1) is 16.1. The van der Waals surface area contributed by atoms with Crippen LogP contribution in [0, 0.1) is 6.92 Å². The fourth-order valence-electron chi connectivity index (χ4n) is 2.09. The van der Waals surface area contributed by atoms with Crippen LogP contribution in [0.3, 0.4) is 0 Å². The van der Waals surface area contributed by atoms with Gasteiger partial charge in [0.1, 0.15) is 0 Å². The van der Waals surface area contributed by atoms with Gasteiger partial charge in [-0.05, 0) is 12.5 Å². The zero-order valence-corrected chi connectivity index (χ0v) is 10.8. The molecule has 0 bridgehead atoms. The van der Waals surface area contributed by atoms with Crippen molar-refractivity contribution in [3.8, 4) is 0 Å². The summed E-state index contributed by atoms with van der Waals surface area (Å²) < 4.78 is 75.3. The third-order valence-electron chi connectivity index (χ3n) is 2.99. The highest BCUT2D eigenvalue weighted by Crippen LogP contribution is 2.32. The number of rotatable bonds is 1. The molecule has 0 amide bonds. The summed E-state index contributed by atoms with van der Waals surface area (Å²) in [6.45, 7) is 1.32. The number of hydrogen-bond donors (Lipinski definition) is 0. The van der Waals surface area contributed by atoms with Crippen molar-refractivity contribution in [3.05, 3.63) is 35.5 Å². The molecule has 0 radical (unpaired) electrons. The second kappa shape index (κ2) is 4.85. The lowest BCUT2D eigenvalue weighted by atomic mass is 10.1. The van der Waals surface area contributed by atoms with E-state index in [0.29, 0.717) is 0 Å². The molecule has 0 aliphatic heterocycles. The Hall–Kier alpha value is -2.32. The molecule has 2 aromatic rings. The third-order valence-corrected chi connectivity index (χ3v) is 2.99. The van der Waals surface area contributed by atoms with E-state index in [2.05, 4.69) is 0 Å². The molecule has 1 aromatic heterocycles. The lowest BCUT2D eigenvalue weighted by Crippen LogP contribution is -2.29. The summed E-state index contributed by atoms with van der Waals surface area (Å²) in [6.07, 6.45) is -10.3. The molecule has 1 aromatic carbocycles. The van der Waals surface area contributed by atoms with Crippen molar-refractivity contribution in [1.82, 2.24) is 4.57 Å². The van der Waals surface area contributed by atoms with Crippen LogP contribution in [0.25, 0.3) is 10.9 Å². The number of ketones is 1. The molecule has 0 unspecified atom stereocenters. The van der Waals surface area contributed by atoms with E-state index in [1.165, 1.54) is 19.1 Å². The number of carbonyl (C=O) groups is 2. The number of fused-ring (bicyclic) bond motifs is 1. The Morgan fingerprint density at radius 1 is 1.00 bits per heavy atom. The topological polar surface area (TPSA) is 39.1 Å². The Balaban J connectivity index is 2.80. The van der Waals surface area contributed by atoms with E-state index >= 15 is 0 Å². The van der Waals surface area contributed by atoms with Crippen LogP contribution in [-0.2, 0) is 0 Å². The molecule has 0 N–H and O–H groups in total. The van der Waals surface area contributed by atoms with Gasteiger partial charge in [-0.2, -0.15) is 26.3 Å². The van der Waals surface area contributed by atoms with E-state index in [0.717, 1.165) is 6.07 Å². The summed E-state index contributed by atoms with van der Waals surface area (Å²) in [6, 6.07) is 3.67. The van der Waals surface area contributed by atoms with Gasteiger partial charge >= 0.3 is 18.3 Å². The molecule has 22 heavy (non-hydrogen) atoms. The summed E-state index contributed by atoms with van der Waals surface area (Å²) in [7, 11) is 0. The SMILES string of the molecule is Cc1cccc2c(C(=O)C(F)(F)F)cn(C(=O)C(F)(F)F)c12. The predicted molar refractivity (Wildman–Crippen MR) is 63.7 cm³/mol. The third kappa shape index (κ3) is 2.58. The molecule has 0 aliphatic carbocycles. The molecule has 0 spiro atoms. The van der Waals surface area contributed by atoms with E-state index in [1.807, 2.05) is 0 Å². The Labute approximate surface area is 119 Å². The summed E-state index contributed by atoms with van der Waals surface area (Å²) in [5.74, 6) is -4.68. The molecule has 118 valence electrons.